The van der Waals surface area contributed by atoms with Gasteiger partial charge in [0.05, 0.1) is 13.0 Å². The van der Waals surface area contributed by atoms with Crippen LogP contribution in [-0.4, -0.2) is 48.3 Å². The molecule has 0 aliphatic carbocycles. The minimum atomic E-state index is -7.41. The number of carbonyl (C=O) groups excluding carboxylic acids is 2. The fraction of sp³-hybridized carbons (Fsp3) is 0.538. The van der Waals surface area contributed by atoms with Gasteiger partial charge >= 0.3 is 41.7 Å². The van der Waals surface area contributed by atoms with E-state index >= 15 is 0 Å². The second-order valence-electron chi connectivity index (χ2n) is 4.69. The van der Waals surface area contributed by atoms with Gasteiger partial charge in [-0.15, -0.1) is 0 Å². The van der Waals surface area contributed by atoms with E-state index in [2.05, 4.69) is 22.6 Å². The van der Waals surface area contributed by atoms with Gasteiger partial charge in [-0.05, 0) is 0 Å². The van der Waals surface area contributed by atoms with Crippen molar-refractivity contribution in [3.8, 4) is 0 Å². The van der Waals surface area contributed by atoms with Crippen molar-refractivity contribution in [3.05, 3.63) is 25.3 Å². The Kier molecular flexibility index (Phi) is 7.11. The maximum absolute atomic E-state index is 13.4. The molecule has 0 amide bonds. The quantitative estimate of drug-likeness (QED) is 0.305. The first kappa shape index (κ1) is 24.7. The predicted molar refractivity (Wildman–Crippen MR) is 66.8 cm³/mol. The third kappa shape index (κ3) is 4.53. The molecule has 0 saturated carbocycles. The van der Waals surface area contributed by atoms with Crippen molar-refractivity contribution in [3.63, 3.8) is 0 Å². The van der Waals surface area contributed by atoms with Gasteiger partial charge in [-0.3, -0.25) is 0 Å². The lowest BCUT2D eigenvalue weighted by Crippen LogP contribution is -2.68. The predicted octanol–water partition coefficient (Wildman–Crippen LogP) is 3.97. The van der Waals surface area contributed by atoms with Gasteiger partial charge in [-0.2, -0.15) is 43.9 Å². The van der Waals surface area contributed by atoms with Gasteiger partial charge in [0, 0.05) is 12.2 Å². The van der Waals surface area contributed by atoms with Crippen LogP contribution in [0.15, 0.2) is 25.3 Å². The SMILES string of the molecule is C=CC(=O)OCCC(F)(F)C(F)(F)C(F)(F)C(F)(F)C(F)(F)OC(=O)C=C. The van der Waals surface area contributed by atoms with Crippen LogP contribution in [0.5, 0.6) is 0 Å². The summed E-state index contributed by atoms with van der Waals surface area (Å²) in [6.45, 7) is 3.61. The van der Waals surface area contributed by atoms with Crippen molar-refractivity contribution in [1.82, 2.24) is 0 Å². The zero-order valence-corrected chi connectivity index (χ0v) is 12.9. The molecular formula is C13H10F10O4. The maximum atomic E-state index is 13.4. The van der Waals surface area contributed by atoms with E-state index in [1.165, 1.54) is 0 Å². The Hall–Kier alpha value is -2.28. The number of halogens is 10. The van der Waals surface area contributed by atoms with Gasteiger partial charge in [0.2, 0.25) is 0 Å². The first-order chi connectivity index (χ1) is 11.9. The summed E-state index contributed by atoms with van der Waals surface area (Å²) in [4.78, 5) is 21.1. The Balaban J connectivity index is 5.77. The highest BCUT2D eigenvalue weighted by Gasteiger charge is 2.87. The largest absolute Gasteiger partial charge is 0.473 e. The van der Waals surface area contributed by atoms with E-state index < -0.39 is 54.8 Å². The average molecular weight is 420 g/mol. The van der Waals surface area contributed by atoms with Crippen molar-refractivity contribution >= 4 is 11.9 Å². The van der Waals surface area contributed by atoms with E-state index in [1.807, 2.05) is 0 Å². The summed E-state index contributed by atoms with van der Waals surface area (Å²) in [6, 6.07) is 0. The zero-order valence-electron chi connectivity index (χ0n) is 12.9. The molecule has 0 atom stereocenters. The van der Waals surface area contributed by atoms with Crippen LogP contribution in [0.2, 0.25) is 0 Å². The van der Waals surface area contributed by atoms with Gasteiger partial charge in [0.15, 0.2) is 0 Å². The second kappa shape index (κ2) is 7.76. The number of rotatable bonds is 10. The Bertz CT molecular complexity index is 600. The number of esters is 2. The molecule has 4 nitrogen and oxygen atoms in total. The van der Waals surface area contributed by atoms with E-state index in [-0.39, 0.29) is 6.08 Å². The minimum absolute atomic E-state index is 0.192. The molecule has 0 aromatic carbocycles. The average Bonchev–Trinajstić information content (AvgIpc) is 2.53. The lowest BCUT2D eigenvalue weighted by atomic mass is 9.96. The smallest absolute Gasteiger partial charge is 0.462 e. The number of alkyl halides is 10. The van der Waals surface area contributed by atoms with Crippen LogP contribution in [0.1, 0.15) is 6.42 Å². The molecule has 0 bridgehead atoms. The van der Waals surface area contributed by atoms with Gasteiger partial charge in [-0.1, -0.05) is 13.2 Å². The molecule has 0 rings (SSSR count). The van der Waals surface area contributed by atoms with Crippen molar-refractivity contribution in [2.24, 2.45) is 0 Å². The molecular weight excluding hydrogens is 410 g/mol. The zero-order chi connectivity index (χ0) is 21.9. The Morgan fingerprint density at radius 1 is 0.741 bits per heavy atom. The molecule has 0 N–H and O–H groups in total. The van der Waals surface area contributed by atoms with Crippen LogP contribution < -0.4 is 0 Å². The lowest BCUT2D eigenvalue weighted by Gasteiger charge is -2.38. The van der Waals surface area contributed by atoms with Crippen molar-refractivity contribution in [2.45, 2.75) is 36.2 Å². The molecule has 0 unspecified atom stereocenters. The molecule has 156 valence electrons. The van der Waals surface area contributed by atoms with Crippen LogP contribution in [0.25, 0.3) is 0 Å². The summed E-state index contributed by atoms with van der Waals surface area (Å²) < 4.78 is 139. The molecule has 0 aromatic heterocycles. The van der Waals surface area contributed by atoms with Crippen LogP contribution in [-0.2, 0) is 19.1 Å². The van der Waals surface area contributed by atoms with Crippen LogP contribution in [0.3, 0.4) is 0 Å². The van der Waals surface area contributed by atoms with Crippen molar-refractivity contribution < 1.29 is 63.0 Å². The molecule has 0 heterocycles. The molecule has 0 aromatic rings. The van der Waals surface area contributed by atoms with E-state index in [1.54, 1.807) is 0 Å². The van der Waals surface area contributed by atoms with Crippen molar-refractivity contribution in [2.75, 3.05) is 6.61 Å². The second-order valence-corrected chi connectivity index (χ2v) is 4.69. The highest BCUT2D eigenvalue weighted by Crippen LogP contribution is 2.57. The highest BCUT2D eigenvalue weighted by molar-refractivity contribution is 5.81. The maximum Gasteiger partial charge on any atom is 0.473 e. The molecule has 0 aliphatic heterocycles. The molecule has 0 aliphatic rings. The normalized spacial score (nSPS) is 13.7. The monoisotopic (exact) mass is 420 g/mol. The van der Waals surface area contributed by atoms with Gasteiger partial charge in [-0.25, -0.2) is 9.59 Å². The fourth-order valence-electron chi connectivity index (χ4n) is 1.34. The molecule has 0 spiro atoms. The topological polar surface area (TPSA) is 52.6 Å². The minimum Gasteiger partial charge on any atom is -0.462 e. The van der Waals surface area contributed by atoms with Gasteiger partial charge in [0.25, 0.3) is 0 Å². The highest BCUT2D eigenvalue weighted by atomic mass is 19.4. The number of hydrogen-bond acceptors (Lipinski definition) is 4. The van der Waals surface area contributed by atoms with E-state index in [0.29, 0.717) is 6.08 Å². The Labute approximate surface area is 144 Å². The third-order valence-corrected chi connectivity index (χ3v) is 2.84. The molecule has 14 heteroatoms. The van der Waals surface area contributed by atoms with Crippen LogP contribution in [0.4, 0.5) is 43.9 Å². The first-order valence-electron chi connectivity index (χ1n) is 6.45. The van der Waals surface area contributed by atoms with E-state index in [0.717, 1.165) is 0 Å². The van der Waals surface area contributed by atoms with E-state index in [4.69, 9.17) is 0 Å². The summed E-state index contributed by atoms with van der Waals surface area (Å²) in [7, 11) is 0. The number of carbonyl (C=O) groups is 2. The first-order valence-corrected chi connectivity index (χ1v) is 6.45. The summed E-state index contributed by atoms with van der Waals surface area (Å²) >= 11 is 0. The fourth-order valence-corrected chi connectivity index (χ4v) is 1.34. The summed E-state index contributed by atoms with van der Waals surface area (Å²) in [5.41, 5.74) is 0. The summed E-state index contributed by atoms with van der Waals surface area (Å²) in [5.74, 6) is -31.6. The van der Waals surface area contributed by atoms with E-state index in [9.17, 15) is 53.5 Å². The summed E-state index contributed by atoms with van der Waals surface area (Å²) in [6.07, 6.45) is -8.84. The molecule has 0 radical (unpaired) electrons. The van der Waals surface area contributed by atoms with Gasteiger partial charge in [0.1, 0.15) is 0 Å². The Morgan fingerprint density at radius 2 is 1.19 bits per heavy atom. The van der Waals surface area contributed by atoms with Crippen molar-refractivity contribution in [1.29, 1.82) is 0 Å². The molecule has 27 heavy (non-hydrogen) atoms. The molecule has 0 saturated heterocycles. The molecule has 0 fully saturated rings. The Morgan fingerprint density at radius 3 is 1.59 bits per heavy atom. The number of hydrogen-bond donors (Lipinski definition) is 0. The third-order valence-electron chi connectivity index (χ3n) is 2.84. The van der Waals surface area contributed by atoms with Gasteiger partial charge < -0.3 is 9.47 Å². The lowest BCUT2D eigenvalue weighted by molar-refractivity contribution is -0.437. The summed E-state index contributed by atoms with van der Waals surface area (Å²) in [5, 5.41) is 0. The van der Waals surface area contributed by atoms with Crippen LogP contribution in [0, 0.1) is 0 Å². The standard InChI is InChI=1S/C13H10F10O4/c1-3-7(24)26-6-5-9(14,15)10(16,17)11(18,19)12(20,21)13(22,23)27-8(25)4-2/h3-4H,1-2,5-6H2. The van der Waals surface area contributed by atoms with Crippen LogP contribution >= 0.6 is 0 Å². The number of ether oxygens (including phenoxy) is 2.